The van der Waals surface area contributed by atoms with E-state index in [0.29, 0.717) is 23.9 Å². The van der Waals surface area contributed by atoms with Crippen LogP contribution in [0.2, 0.25) is 0 Å². The van der Waals surface area contributed by atoms with Crippen LogP contribution < -0.4 is 4.89 Å². The molecule has 9 nitrogen and oxygen atoms in total. The van der Waals surface area contributed by atoms with Crippen molar-refractivity contribution >= 4 is 19.8 Å². The molecule has 0 amide bonds. The first-order valence-electron chi connectivity index (χ1n) is 22.2. The number of phosphoric acid groups is 1. The molecular formula is C45H84NO8P. The zero-order valence-electron chi connectivity index (χ0n) is 36.1. The number of nitrogens with zero attached hydrogens (tertiary/aromatic N) is 1. The topological polar surface area (TPSA) is 111 Å². The fourth-order valence-electron chi connectivity index (χ4n) is 5.88. The van der Waals surface area contributed by atoms with Gasteiger partial charge in [0.15, 0.2) is 6.10 Å². The lowest BCUT2D eigenvalue weighted by molar-refractivity contribution is -0.870. The molecule has 55 heavy (non-hydrogen) atoms. The zero-order valence-corrected chi connectivity index (χ0v) is 37.0. The lowest BCUT2D eigenvalue weighted by Gasteiger charge is -2.28. The highest BCUT2D eigenvalue weighted by molar-refractivity contribution is 7.45. The van der Waals surface area contributed by atoms with Crippen LogP contribution in [0.3, 0.4) is 0 Å². The summed E-state index contributed by atoms with van der Waals surface area (Å²) in [5.74, 6) is -0.921. The monoisotopic (exact) mass is 798 g/mol. The molecule has 0 radical (unpaired) electrons. The second-order valence-electron chi connectivity index (χ2n) is 16.1. The molecule has 0 saturated carbocycles. The van der Waals surface area contributed by atoms with Crippen LogP contribution >= 0.6 is 7.82 Å². The minimum atomic E-state index is -4.64. The maximum atomic E-state index is 12.6. The Morgan fingerprint density at radius 3 is 1.53 bits per heavy atom. The molecule has 0 saturated heterocycles. The van der Waals surface area contributed by atoms with Crippen molar-refractivity contribution in [2.75, 3.05) is 47.5 Å². The summed E-state index contributed by atoms with van der Waals surface area (Å²) in [6, 6.07) is 0. The zero-order chi connectivity index (χ0) is 40.7. The van der Waals surface area contributed by atoms with Crippen LogP contribution in [0.1, 0.15) is 187 Å². The second-order valence-corrected chi connectivity index (χ2v) is 17.5. The Hall–Kier alpha value is -1.77. The summed E-state index contributed by atoms with van der Waals surface area (Å²) in [7, 11) is 1.13. The third kappa shape index (κ3) is 41.7. The molecule has 10 heteroatoms. The normalized spacial score (nSPS) is 13.9. The number of carbonyl (C=O) groups excluding carboxylic acids is 2. The van der Waals surface area contributed by atoms with Crippen molar-refractivity contribution < 1.29 is 42.1 Å². The van der Waals surface area contributed by atoms with Crippen LogP contribution in [-0.2, 0) is 32.7 Å². The van der Waals surface area contributed by atoms with E-state index in [1.807, 2.05) is 33.3 Å². The predicted octanol–water partition coefficient (Wildman–Crippen LogP) is 11.9. The SMILES string of the molecule is CCCCCCCC/C=C/C/C=C/CCC(=O)OC(COC(=O)CCCCCCC/C=C/CCCCCCCCCCC)COP(=O)([O-])OCC[N+](C)(C)C. The quantitative estimate of drug-likeness (QED) is 0.0198. The molecule has 0 heterocycles. The lowest BCUT2D eigenvalue weighted by Crippen LogP contribution is -2.37. The van der Waals surface area contributed by atoms with Gasteiger partial charge in [-0.25, -0.2) is 0 Å². The third-order valence-electron chi connectivity index (χ3n) is 9.40. The number of allylic oxidation sites excluding steroid dienone is 6. The number of hydrogen-bond acceptors (Lipinski definition) is 8. The number of phosphoric ester groups is 1. The average Bonchev–Trinajstić information content (AvgIpc) is 3.13. The van der Waals surface area contributed by atoms with Crippen molar-refractivity contribution in [1.82, 2.24) is 0 Å². The Labute approximate surface area is 338 Å². The fraction of sp³-hybridized carbons (Fsp3) is 0.822. The number of carbonyl (C=O) groups is 2. The Kier molecular flexibility index (Phi) is 36.6. The Balaban J connectivity index is 4.40. The molecule has 0 fully saturated rings. The van der Waals surface area contributed by atoms with E-state index in [9.17, 15) is 19.0 Å². The highest BCUT2D eigenvalue weighted by Crippen LogP contribution is 2.38. The number of unbranched alkanes of at least 4 members (excludes halogenated alkanes) is 20. The number of hydrogen-bond donors (Lipinski definition) is 0. The third-order valence-corrected chi connectivity index (χ3v) is 10.4. The van der Waals surface area contributed by atoms with Crippen LogP contribution in [0.4, 0.5) is 0 Å². The van der Waals surface area contributed by atoms with Crippen molar-refractivity contribution in [3.05, 3.63) is 36.5 Å². The van der Waals surface area contributed by atoms with E-state index in [-0.39, 0.29) is 26.1 Å². The van der Waals surface area contributed by atoms with E-state index in [4.69, 9.17) is 18.5 Å². The average molecular weight is 798 g/mol. The van der Waals surface area contributed by atoms with Gasteiger partial charge in [-0.1, -0.05) is 153 Å². The molecule has 0 aliphatic rings. The number of quaternary nitrogens is 1. The Morgan fingerprint density at radius 2 is 1.02 bits per heavy atom. The van der Waals surface area contributed by atoms with Gasteiger partial charge < -0.3 is 27.9 Å². The smallest absolute Gasteiger partial charge is 0.306 e. The second kappa shape index (κ2) is 37.8. The molecule has 0 rings (SSSR count). The molecule has 0 aliphatic heterocycles. The summed E-state index contributed by atoms with van der Waals surface area (Å²) in [6.45, 7) is 4.14. The van der Waals surface area contributed by atoms with Crippen LogP contribution in [-0.4, -0.2) is 70.0 Å². The molecule has 0 aromatic carbocycles. The Bertz CT molecular complexity index is 1040. The van der Waals surface area contributed by atoms with E-state index in [2.05, 4.69) is 38.2 Å². The van der Waals surface area contributed by atoms with Crippen molar-refractivity contribution in [2.45, 2.75) is 193 Å². The highest BCUT2D eigenvalue weighted by Gasteiger charge is 2.21. The first kappa shape index (κ1) is 53.2. The van der Waals surface area contributed by atoms with Crippen molar-refractivity contribution in [1.29, 1.82) is 0 Å². The largest absolute Gasteiger partial charge is 0.756 e. The predicted molar refractivity (Wildman–Crippen MR) is 227 cm³/mol. The molecule has 2 atom stereocenters. The molecule has 0 aromatic rings. The van der Waals surface area contributed by atoms with Gasteiger partial charge in [0.1, 0.15) is 19.8 Å². The minimum absolute atomic E-state index is 0.0413. The standard InChI is InChI=1S/C45H84NO8P/c1-6-8-10-12-14-16-18-20-21-22-23-24-26-27-29-31-33-35-37-44(47)51-41-43(42-53-55(49,50)52-40-39-46(3,4)5)54-45(48)38-36-34-32-30-28-25-19-17-15-13-11-9-7-2/h23-25,28,32,34,43H,6-22,26-27,29-31,33,35-42H2,1-5H3/b24-23+,28-25+,34-32+. The number of rotatable bonds is 40. The maximum Gasteiger partial charge on any atom is 0.306 e. The van der Waals surface area contributed by atoms with Gasteiger partial charge >= 0.3 is 11.9 Å². The highest BCUT2D eigenvalue weighted by atomic mass is 31.2. The molecule has 0 N–H and O–H groups in total. The van der Waals surface area contributed by atoms with E-state index in [1.165, 1.54) is 103 Å². The number of likely N-dealkylation sites (N-methyl/N-ethyl adjacent to an activating group) is 1. The molecule has 0 aromatic heterocycles. The van der Waals surface area contributed by atoms with Crippen molar-refractivity contribution in [3.8, 4) is 0 Å². The molecular weight excluding hydrogens is 713 g/mol. The van der Waals surface area contributed by atoms with Gasteiger partial charge in [-0.2, -0.15) is 0 Å². The van der Waals surface area contributed by atoms with Gasteiger partial charge in [-0.15, -0.1) is 0 Å². The summed E-state index contributed by atoms with van der Waals surface area (Å²) in [5, 5.41) is 0. The van der Waals surface area contributed by atoms with Gasteiger partial charge in [-0.3, -0.25) is 14.2 Å². The first-order chi connectivity index (χ1) is 26.5. The van der Waals surface area contributed by atoms with Crippen LogP contribution in [0.5, 0.6) is 0 Å². The van der Waals surface area contributed by atoms with Crippen molar-refractivity contribution in [2.24, 2.45) is 0 Å². The van der Waals surface area contributed by atoms with E-state index < -0.39 is 32.5 Å². The summed E-state index contributed by atoms with van der Waals surface area (Å²) in [4.78, 5) is 37.4. The molecule has 322 valence electrons. The maximum absolute atomic E-state index is 12.6. The van der Waals surface area contributed by atoms with E-state index in [1.54, 1.807) is 0 Å². The molecule has 2 unspecified atom stereocenters. The van der Waals surface area contributed by atoms with Crippen LogP contribution in [0, 0.1) is 0 Å². The van der Waals surface area contributed by atoms with E-state index >= 15 is 0 Å². The lowest BCUT2D eigenvalue weighted by atomic mass is 10.1. The van der Waals surface area contributed by atoms with Gasteiger partial charge in [0.05, 0.1) is 27.7 Å². The number of esters is 2. The van der Waals surface area contributed by atoms with Crippen LogP contribution in [0.25, 0.3) is 0 Å². The summed E-state index contributed by atoms with van der Waals surface area (Å²) in [6.07, 6.45) is 41.9. The number of ether oxygens (including phenoxy) is 2. The summed E-state index contributed by atoms with van der Waals surface area (Å²) < 4.78 is 33.8. The Morgan fingerprint density at radius 1 is 0.564 bits per heavy atom. The molecule has 0 bridgehead atoms. The molecule has 0 aliphatic carbocycles. The summed E-state index contributed by atoms with van der Waals surface area (Å²) in [5.41, 5.74) is 0. The van der Waals surface area contributed by atoms with Gasteiger partial charge in [0, 0.05) is 12.8 Å². The fourth-order valence-corrected chi connectivity index (χ4v) is 6.61. The molecule has 0 spiro atoms. The first-order valence-corrected chi connectivity index (χ1v) is 23.7. The summed E-state index contributed by atoms with van der Waals surface area (Å²) >= 11 is 0. The van der Waals surface area contributed by atoms with Gasteiger partial charge in [0.2, 0.25) is 0 Å². The van der Waals surface area contributed by atoms with Crippen molar-refractivity contribution in [3.63, 3.8) is 0 Å². The van der Waals surface area contributed by atoms with Crippen LogP contribution in [0.15, 0.2) is 36.5 Å². The van der Waals surface area contributed by atoms with Gasteiger partial charge in [0.25, 0.3) is 7.82 Å². The minimum Gasteiger partial charge on any atom is -0.756 e. The van der Waals surface area contributed by atoms with Gasteiger partial charge in [-0.05, 0) is 57.8 Å². The van der Waals surface area contributed by atoms with E-state index in [0.717, 1.165) is 44.9 Å².